The van der Waals surface area contributed by atoms with Crippen LogP contribution in [0.4, 0.5) is 0 Å². The second kappa shape index (κ2) is 6.12. The Hall–Kier alpha value is -0.820. The zero-order valence-electron chi connectivity index (χ0n) is 13.6. The fourth-order valence-corrected chi connectivity index (χ4v) is 3.77. The Labute approximate surface area is 143 Å². The van der Waals surface area contributed by atoms with Gasteiger partial charge in [-0.3, -0.25) is 0 Å². The molecule has 144 valence electrons. The standard InChI is InChI=1S/C15H24O10/c1-13(20)2-3-14(21)4-5-23-12(9(13)14)24-11-8(18)7(17)10(19)15(22,6-16)25-11/h4-5,7-12,16-22H,2-3,6H2,1H3/t7-,8-,9-,10+,11+,12-,13+,14-,15+/m1/s1. The predicted molar refractivity (Wildman–Crippen MR) is 78.3 cm³/mol. The van der Waals surface area contributed by atoms with Crippen LogP contribution in [0.3, 0.4) is 0 Å². The van der Waals surface area contributed by atoms with Gasteiger partial charge in [0.1, 0.15) is 18.3 Å². The van der Waals surface area contributed by atoms with Gasteiger partial charge >= 0.3 is 0 Å². The molecule has 10 heteroatoms. The molecule has 1 saturated carbocycles. The van der Waals surface area contributed by atoms with Crippen molar-refractivity contribution in [2.24, 2.45) is 5.92 Å². The van der Waals surface area contributed by atoms with E-state index in [0.29, 0.717) is 0 Å². The monoisotopic (exact) mass is 364 g/mol. The fraction of sp³-hybridized carbons (Fsp3) is 0.867. The van der Waals surface area contributed by atoms with E-state index in [1.807, 2.05) is 0 Å². The molecular formula is C15H24O10. The molecule has 7 N–H and O–H groups in total. The van der Waals surface area contributed by atoms with Crippen LogP contribution in [0.15, 0.2) is 12.3 Å². The molecule has 0 radical (unpaired) electrons. The van der Waals surface area contributed by atoms with Gasteiger partial charge in [0.25, 0.3) is 0 Å². The predicted octanol–water partition coefficient (Wildman–Crippen LogP) is -3.11. The van der Waals surface area contributed by atoms with Crippen molar-refractivity contribution in [2.45, 2.75) is 67.6 Å². The van der Waals surface area contributed by atoms with E-state index in [2.05, 4.69) is 0 Å². The van der Waals surface area contributed by atoms with Crippen LogP contribution in [0.1, 0.15) is 19.8 Å². The largest absolute Gasteiger partial charge is 0.472 e. The third kappa shape index (κ3) is 2.97. The van der Waals surface area contributed by atoms with Crippen molar-refractivity contribution in [3.63, 3.8) is 0 Å². The number of ether oxygens (including phenoxy) is 3. The molecule has 0 amide bonds. The molecule has 2 aliphatic heterocycles. The van der Waals surface area contributed by atoms with E-state index in [4.69, 9.17) is 14.2 Å². The van der Waals surface area contributed by atoms with Gasteiger partial charge in [-0.2, -0.15) is 0 Å². The van der Waals surface area contributed by atoms with Gasteiger partial charge in [-0.05, 0) is 25.8 Å². The second-order valence-corrected chi connectivity index (χ2v) is 7.18. The summed E-state index contributed by atoms with van der Waals surface area (Å²) in [7, 11) is 0. The zero-order valence-corrected chi connectivity index (χ0v) is 13.6. The topological polar surface area (TPSA) is 169 Å². The Bertz CT molecular complexity index is 538. The van der Waals surface area contributed by atoms with Crippen molar-refractivity contribution in [3.8, 4) is 0 Å². The summed E-state index contributed by atoms with van der Waals surface area (Å²) >= 11 is 0. The minimum Gasteiger partial charge on any atom is -0.472 e. The van der Waals surface area contributed by atoms with Crippen molar-refractivity contribution in [3.05, 3.63) is 12.3 Å². The maximum Gasteiger partial charge on any atom is 0.221 e. The summed E-state index contributed by atoms with van der Waals surface area (Å²) in [5.41, 5.74) is -2.73. The molecule has 0 aromatic heterocycles. The molecule has 0 unspecified atom stereocenters. The lowest BCUT2D eigenvalue weighted by molar-refractivity contribution is -0.419. The summed E-state index contributed by atoms with van der Waals surface area (Å²) in [5, 5.41) is 70.1. The van der Waals surface area contributed by atoms with Crippen molar-refractivity contribution in [2.75, 3.05) is 6.61 Å². The molecule has 1 saturated heterocycles. The smallest absolute Gasteiger partial charge is 0.221 e. The number of fused-ring (bicyclic) bond motifs is 1. The molecule has 25 heavy (non-hydrogen) atoms. The molecule has 2 fully saturated rings. The maximum atomic E-state index is 10.7. The molecule has 0 aromatic carbocycles. The summed E-state index contributed by atoms with van der Waals surface area (Å²) in [4.78, 5) is 0. The van der Waals surface area contributed by atoms with E-state index < -0.39 is 60.4 Å². The lowest BCUT2D eigenvalue weighted by Gasteiger charge is -2.47. The van der Waals surface area contributed by atoms with E-state index in [1.165, 1.54) is 19.3 Å². The Balaban J connectivity index is 1.82. The number of aliphatic hydroxyl groups is 7. The summed E-state index contributed by atoms with van der Waals surface area (Å²) in [6, 6.07) is 0. The van der Waals surface area contributed by atoms with Gasteiger partial charge in [-0.25, -0.2) is 0 Å². The third-order valence-electron chi connectivity index (χ3n) is 5.31. The van der Waals surface area contributed by atoms with Crippen molar-refractivity contribution >= 4 is 0 Å². The molecule has 3 rings (SSSR count). The van der Waals surface area contributed by atoms with Crippen LogP contribution in [0.5, 0.6) is 0 Å². The highest BCUT2D eigenvalue weighted by atomic mass is 16.8. The quantitative estimate of drug-likeness (QED) is 0.272. The normalized spacial score (nSPS) is 55.7. The Morgan fingerprint density at radius 1 is 1.08 bits per heavy atom. The van der Waals surface area contributed by atoms with Crippen LogP contribution in [-0.2, 0) is 14.2 Å². The van der Waals surface area contributed by atoms with Crippen molar-refractivity contribution in [1.29, 1.82) is 0 Å². The SMILES string of the molecule is C[C@]1(O)CC[C@@]2(O)C=CO[C@H](O[C@H]3O[C@@](O)(CO)[C@@H](O)[C@H](O)[C@H]3O)[C@H]12. The van der Waals surface area contributed by atoms with Crippen LogP contribution in [0.25, 0.3) is 0 Å². The van der Waals surface area contributed by atoms with E-state index >= 15 is 0 Å². The number of aliphatic hydroxyl groups excluding tert-OH is 4. The highest BCUT2D eigenvalue weighted by molar-refractivity contribution is 5.16. The maximum absolute atomic E-state index is 10.7. The van der Waals surface area contributed by atoms with Crippen molar-refractivity contribution < 1.29 is 50.0 Å². The van der Waals surface area contributed by atoms with Gasteiger partial charge in [0.05, 0.1) is 30.0 Å². The lowest BCUT2D eigenvalue weighted by Crippen LogP contribution is -2.67. The first-order chi connectivity index (χ1) is 11.5. The first-order valence-corrected chi connectivity index (χ1v) is 8.03. The third-order valence-corrected chi connectivity index (χ3v) is 5.31. The van der Waals surface area contributed by atoms with Gasteiger partial charge in [0, 0.05) is 0 Å². The van der Waals surface area contributed by atoms with E-state index in [0.717, 1.165) is 0 Å². The number of rotatable bonds is 3. The van der Waals surface area contributed by atoms with Crippen molar-refractivity contribution in [1.82, 2.24) is 0 Å². The summed E-state index contributed by atoms with van der Waals surface area (Å²) < 4.78 is 15.8. The van der Waals surface area contributed by atoms with Gasteiger partial charge in [-0.1, -0.05) is 0 Å². The van der Waals surface area contributed by atoms with E-state index in [9.17, 15) is 35.7 Å². The Morgan fingerprint density at radius 3 is 2.40 bits per heavy atom. The molecule has 3 aliphatic rings. The van der Waals surface area contributed by atoms with Gasteiger partial charge in [-0.15, -0.1) is 0 Å². The average molecular weight is 364 g/mol. The van der Waals surface area contributed by atoms with Gasteiger partial charge in [0.2, 0.25) is 12.1 Å². The van der Waals surface area contributed by atoms with E-state index in [-0.39, 0.29) is 12.8 Å². The molecule has 0 aromatic rings. The van der Waals surface area contributed by atoms with Gasteiger partial charge < -0.3 is 50.0 Å². The molecule has 0 bridgehead atoms. The van der Waals surface area contributed by atoms with Crippen LogP contribution in [-0.4, -0.2) is 90.2 Å². The second-order valence-electron chi connectivity index (χ2n) is 7.18. The molecular weight excluding hydrogens is 340 g/mol. The van der Waals surface area contributed by atoms with Crippen LogP contribution >= 0.6 is 0 Å². The lowest BCUT2D eigenvalue weighted by atomic mass is 9.82. The highest BCUT2D eigenvalue weighted by Gasteiger charge is 2.60. The summed E-state index contributed by atoms with van der Waals surface area (Å²) in [6.45, 7) is 0.448. The minimum absolute atomic E-state index is 0.264. The zero-order chi connectivity index (χ0) is 18.6. The molecule has 9 atom stereocenters. The van der Waals surface area contributed by atoms with Crippen LogP contribution in [0.2, 0.25) is 0 Å². The van der Waals surface area contributed by atoms with Crippen LogP contribution in [0, 0.1) is 5.92 Å². The summed E-state index contributed by atoms with van der Waals surface area (Å²) in [6.07, 6.45) is -5.41. The average Bonchev–Trinajstić information content (AvgIpc) is 2.81. The van der Waals surface area contributed by atoms with Crippen LogP contribution < -0.4 is 0 Å². The molecule has 1 aliphatic carbocycles. The van der Waals surface area contributed by atoms with E-state index in [1.54, 1.807) is 0 Å². The van der Waals surface area contributed by atoms with Gasteiger partial charge in [0.15, 0.2) is 6.29 Å². The molecule has 2 heterocycles. The first-order valence-electron chi connectivity index (χ1n) is 8.03. The number of hydrogen-bond donors (Lipinski definition) is 7. The molecule has 10 nitrogen and oxygen atoms in total. The highest BCUT2D eigenvalue weighted by Crippen LogP contribution is 2.49. The Morgan fingerprint density at radius 2 is 1.76 bits per heavy atom. The Kier molecular flexibility index (Phi) is 4.64. The molecule has 0 spiro atoms. The first kappa shape index (κ1) is 19.0. The fourth-order valence-electron chi connectivity index (χ4n) is 3.77. The summed E-state index contributed by atoms with van der Waals surface area (Å²) in [5.74, 6) is -3.48. The number of hydrogen-bond acceptors (Lipinski definition) is 10. The minimum atomic E-state index is -2.55.